The van der Waals surface area contributed by atoms with Crippen LogP contribution in [0, 0.1) is 0 Å². The highest BCUT2D eigenvalue weighted by Crippen LogP contribution is 2.41. The van der Waals surface area contributed by atoms with Gasteiger partial charge in [-0.3, -0.25) is 9.59 Å². The predicted molar refractivity (Wildman–Crippen MR) is 128 cm³/mol. The Bertz CT molecular complexity index is 1120. The van der Waals surface area contributed by atoms with E-state index in [1.54, 1.807) is 41.6 Å². The summed E-state index contributed by atoms with van der Waals surface area (Å²) < 4.78 is 0.819. The van der Waals surface area contributed by atoms with Crippen molar-refractivity contribution in [3.8, 4) is 0 Å². The molecule has 1 N–H and O–H groups in total. The number of ketones is 2. The molecular weight excluding hydrogens is 466 g/mol. The summed E-state index contributed by atoms with van der Waals surface area (Å²) in [4.78, 5) is 29.0. The van der Waals surface area contributed by atoms with Gasteiger partial charge in [-0.15, -0.1) is 0 Å². The standard InChI is InChI=1S/C27H22BrNO3/c28-24-14-8-7-13-21(24)25-22(26(31)19-9-3-1-4-10-19)17-29(15-16-30)18-23(25)27(32)20-11-5-2-6-12-20/h1-14,17-18,25,30H,15-16H2. The number of benzene rings is 3. The van der Waals surface area contributed by atoms with Crippen LogP contribution in [0.25, 0.3) is 0 Å². The molecule has 0 aromatic heterocycles. The maximum absolute atomic E-state index is 13.6. The summed E-state index contributed by atoms with van der Waals surface area (Å²) in [5.74, 6) is -0.859. The average Bonchev–Trinajstić information content (AvgIpc) is 2.84. The monoisotopic (exact) mass is 487 g/mol. The van der Waals surface area contributed by atoms with Crippen molar-refractivity contribution < 1.29 is 14.7 Å². The molecule has 0 aliphatic carbocycles. The van der Waals surface area contributed by atoms with Crippen LogP contribution in [0.15, 0.2) is 113 Å². The Morgan fingerprint density at radius 3 is 1.69 bits per heavy atom. The third-order valence-corrected chi connectivity index (χ3v) is 6.12. The van der Waals surface area contributed by atoms with Gasteiger partial charge in [-0.1, -0.05) is 94.8 Å². The highest BCUT2D eigenvalue weighted by atomic mass is 79.9. The largest absolute Gasteiger partial charge is 0.395 e. The van der Waals surface area contributed by atoms with Gasteiger partial charge in [0.1, 0.15) is 0 Å². The fourth-order valence-electron chi connectivity index (χ4n) is 3.89. The summed E-state index contributed by atoms with van der Waals surface area (Å²) in [7, 11) is 0. The van der Waals surface area contributed by atoms with E-state index in [4.69, 9.17) is 0 Å². The summed E-state index contributed by atoms with van der Waals surface area (Å²) in [6.07, 6.45) is 3.49. The van der Waals surface area contributed by atoms with Crippen LogP contribution in [-0.2, 0) is 0 Å². The van der Waals surface area contributed by atoms with Crippen molar-refractivity contribution in [3.63, 3.8) is 0 Å². The molecule has 4 nitrogen and oxygen atoms in total. The van der Waals surface area contributed by atoms with Crippen LogP contribution in [0.5, 0.6) is 0 Å². The second-order valence-electron chi connectivity index (χ2n) is 7.48. The Morgan fingerprint density at radius 1 is 0.750 bits per heavy atom. The summed E-state index contributed by atoms with van der Waals surface area (Å²) in [6, 6.07) is 25.7. The van der Waals surface area contributed by atoms with Crippen LogP contribution < -0.4 is 0 Å². The van der Waals surface area contributed by atoms with E-state index in [0.29, 0.717) is 22.3 Å². The van der Waals surface area contributed by atoms with Gasteiger partial charge in [0, 0.05) is 51.6 Å². The minimum atomic E-state index is -0.555. The maximum atomic E-state index is 13.6. The van der Waals surface area contributed by atoms with Gasteiger partial charge in [-0.2, -0.15) is 0 Å². The van der Waals surface area contributed by atoms with Crippen molar-refractivity contribution in [2.24, 2.45) is 0 Å². The number of allylic oxidation sites excluding steroid dienone is 2. The van der Waals surface area contributed by atoms with Crippen LogP contribution in [0.4, 0.5) is 0 Å². The Labute approximate surface area is 195 Å². The molecule has 5 heteroatoms. The number of rotatable bonds is 7. The van der Waals surface area contributed by atoms with E-state index in [0.717, 1.165) is 10.0 Å². The van der Waals surface area contributed by atoms with Crippen LogP contribution in [-0.4, -0.2) is 34.7 Å². The number of hydrogen-bond donors (Lipinski definition) is 1. The van der Waals surface area contributed by atoms with E-state index in [1.807, 2.05) is 60.7 Å². The molecule has 160 valence electrons. The van der Waals surface area contributed by atoms with Gasteiger partial charge in [0.05, 0.1) is 6.61 Å². The van der Waals surface area contributed by atoms with Gasteiger partial charge in [-0.25, -0.2) is 0 Å². The fourth-order valence-corrected chi connectivity index (χ4v) is 4.41. The first kappa shape index (κ1) is 21.9. The van der Waals surface area contributed by atoms with Crippen LogP contribution >= 0.6 is 15.9 Å². The first-order chi connectivity index (χ1) is 15.6. The third-order valence-electron chi connectivity index (χ3n) is 5.40. The van der Waals surface area contributed by atoms with Crippen molar-refractivity contribution >= 4 is 27.5 Å². The molecule has 0 spiro atoms. The van der Waals surface area contributed by atoms with Crippen molar-refractivity contribution in [2.75, 3.05) is 13.2 Å². The second kappa shape index (κ2) is 9.90. The fraction of sp³-hybridized carbons (Fsp3) is 0.111. The lowest BCUT2D eigenvalue weighted by Crippen LogP contribution is -2.29. The molecule has 0 fully saturated rings. The molecule has 0 bridgehead atoms. The molecule has 0 unspecified atom stereocenters. The topological polar surface area (TPSA) is 57.6 Å². The lowest BCUT2D eigenvalue weighted by atomic mass is 9.78. The molecule has 1 aliphatic rings. The van der Waals surface area contributed by atoms with Crippen LogP contribution in [0.2, 0.25) is 0 Å². The van der Waals surface area contributed by atoms with E-state index in [2.05, 4.69) is 15.9 Å². The molecule has 0 saturated carbocycles. The number of aliphatic hydroxyl groups excluding tert-OH is 1. The molecular formula is C27H22BrNO3. The van der Waals surface area contributed by atoms with Gasteiger partial charge in [0.15, 0.2) is 11.6 Å². The minimum Gasteiger partial charge on any atom is -0.395 e. The molecule has 0 amide bonds. The predicted octanol–water partition coefficient (Wildman–Crippen LogP) is 5.37. The first-order valence-corrected chi connectivity index (χ1v) is 11.1. The highest BCUT2D eigenvalue weighted by molar-refractivity contribution is 9.10. The van der Waals surface area contributed by atoms with Gasteiger partial charge in [-0.05, 0) is 11.6 Å². The van der Waals surface area contributed by atoms with Gasteiger partial charge in [0.25, 0.3) is 0 Å². The number of carbonyl (C=O) groups is 2. The summed E-state index contributed by atoms with van der Waals surface area (Å²) in [5.41, 5.74) is 2.90. The third kappa shape index (κ3) is 4.49. The number of halogens is 1. The van der Waals surface area contributed by atoms with E-state index in [1.165, 1.54) is 0 Å². The quantitative estimate of drug-likeness (QED) is 0.454. The highest BCUT2D eigenvalue weighted by Gasteiger charge is 2.35. The van der Waals surface area contributed by atoms with Crippen molar-refractivity contribution in [1.82, 2.24) is 4.90 Å². The molecule has 32 heavy (non-hydrogen) atoms. The van der Waals surface area contributed by atoms with Gasteiger partial charge < -0.3 is 10.0 Å². The van der Waals surface area contributed by atoms with Gasteiger partial charge >= 0.3 is 0 Å². The normalized spacial score (nSPS) is 14.0. The van der Waals surface area contributed by atoms with E-state index >= 15 is 0 Å². The lowest BCUT2D eigenvalue weighted by Gasteiger charge is -2.31. The maximum Gasteiger partial charge on any atom is 0.191 e. The van der Waals surface area contributed by atoms with Gasteiger partial charge in [0.2, 0.25) is 0 Å². The number of β-amino-alcohol motifs (C(OH)–C–C–N with tert-alkyl or cyclic N) is 1. The zero-order chi connectivity index (χ0) is 22.5. The molecule has 0 radical (unpaired) electrons. The molecule has 0 atom stereocenters. The first-order valence-electron chi connectivity index (χ1n) is 10.3. The molecule has 3 aromatic carbocycles. The number of aliphatic hydroxyl groups is 1. The van der Waals surface area contributed by atoms with Crippen molar-refractivity contribution in [1.29, 1.82) is 0 Å². The molecule has 1 aliphatic heterocycles. The van der Waals surface area contributed by atoms with Crippen LogP contribution in [0.3, 0.4) is 0 Å². The molecule has 0 saturated heterocycles. The lowest BCUT2D eigenvalue weighted by molar-refractivity contribution is 0.101. The number of hydrogen-bond acceptors (Lipinski definition) is 4. The Hall–Kier alpha value is -3.28. The van der Waals surface area contributed by atoms with E-state index in [9.17, 15) is 14.7 Å². The molecule has 3 aromatic rings. The zero-order valence-electron chi connectivity index (χ0n) is 17.3. The summed E-state index contributed by atoms with van der Waals surface area (Å²) >= 11 is 3.61. The van der Waals surface area contributed by atoms with Crippen molar-refractivity contribution in [3.05, 3.63) is 130 Å². The summed E-state index contributed by atoms with van der Waals surface area (Å²) in [5, 5.41) is 9.55. The SMILES string of the molecule is O=C(C1=CN(CCO)C=C(C(=O)c2ccccc2)C1c1ccccc1Br)c1ccccc1. The summed E-state index contributed by atoms with van der Waals surface area (Å²) in [6.45, 7) is 0.173. The Balaban J connectivity index is 1.89. The van der Waals surface area contributed by atoms with E-state index < -0.39 is 5.92 Å². The average molecular weight is 488 g/mol. The van der Waals surface area contributed by atoms with Crippen molar-refractivity contribution in [2.45, 2.75) is 5.92 Å². The molecule has 4 rings (SSSR count). The Morgan fingerprint density at radius 2 is 1.22 bits per heavy atom. The number of nitrogens with zero attached hydrogens (tertiary/aromatic N) is 1. The Kier molecular flexibility index (Phi) is 6.78. The zero-order valence-corrected chi connectivity index (χ0v) is 18.9. The molecule has 1 heterocycles. The number of carbonyl (C=O) groups excluding carboxylic acids is 2. The minimum absolute atomic E-state index is 0.105. The second-order valence-corrected chi connectivity index (χ2v) is 8.33. The van der Waals surface area contributed by atoms with E-state index in [-0.39, 0.29) is 24.7 Å². The van der Waals surface area contributed by atoms with Crippen LogP contribution in [0.1, 0.15) is 32.2 Å². The number of Topliss-reactive ketones (excluding diaryl/α,β-unsaturated/α-hetero) is 2. The smallest absolute Gasteiger partial charge is 0.191 e.